The van der Waals surface area contributed by atoms with Gasteiger partial charge in [0, 0.05) is 18.3 Å². The van der Waals surface area contributed by atoms with E-state index >= 15 is 0 Å². The summed E-state index contributed by atoms with van der Waals surface area (Å²) in [6.07, 6.45) is 9.30. The molecule has 0 aromatic carbocycles. The lowest BCUT2D eigenvalue weighted by Gasteiger charge is -2.17. The molecule has 0 aliphatic carbocycles. The number of hydrogen-bond donors (Lipinski definition) is 0. The number of rotatable bonds is 5. The Kier molecular flexibility index (Phi) is 4.30. The Morgan fingerprint density at radius 3 is 2.57 bits per heavy atom. The first kappa shape index (κ1) is 11.4. The Hall–Kier alpha value is -0.660. The average Bonchev–Trinajstić information content (AvgIpc) is 2.54. The van der Waals surface area contributed by atoms with E-state index in [0.29, 0.717) is 5.41 Å². The second-order valence-corrected chi connectivity index (χ2v) is 5.29. The fraction of sp³-hybridized carbons (Fsp3) is 0.833. The first-order chi connectivity index (χ1) is 6.58. The van der Waals surface area contributed by atoms with Crippen LogP contribution in [0.15, 0.2) is 10.2 Å². The van der Waals surface area contributed by atoms with E-state index < -0.39 is 0 Å². The molecule has 0 fully saturated rings. The minimum Gasteiger partial charge on any atom is -0.163 e. The van der Waals surface area contributed by atoms with Crippen molar-refractivity contribution in [2.24, 2.45) is 15.6 Å². The Morgan fingerprint density at radius 1 is 1.21 bits per heavy atom. The van der Waals surface area contributed by atoms with Crippen LogP contribution in [0.3, 0.4) is 0 Å². The first-order valence-electron chi connectivity index (χ1n) is 5.65. The highest BCUT2D eigenvalue weighted by atomic mass is 15.2. The molecule has 14 heavy (non-hydrogen) atoms. The summed E-state index contributed by atoms with van der Waals surface area (Å²) in [5, 5.41) is 7.93. The third-order valence-electron chi connectivity index (χ3n) is 2.50. The molecule has 0 unspecified atom stereocenters. The molecule has 0 bridgehead atoms. The summed E-state index contributed by atoms with van der Waals surface area (Å²) < 4.78 is 0. The molecule has 1 aliphatic heterocycles. The molecule has 0 amide bonds. The Morgan fingerprint density at radius 2 is 2.00 bits per heavy atom. The van der Waals surface area contributed by atoms with Gasteiger partial charge in [0.2, 0.25) is 0 Å². The number of unbranched alkanes of at least 4 members (excludes halogenated alkanes) is 2. The summed E-state index contributed by atoms with van der Waals surface area (Å²) in [6, 6.07) is 0. The zero-order valence-electron chi connectivity index (χ0n) is 9.71. The highest BCUT2D eigenvalue weighted by Crippen LogP contribution is 2.22. The minimum absolute atomic E-state index is 0.494. The lowest BCUT2D eigenvalue weighted by molar-refractivity contribution is 0.358. The van der Waals surface area contributed by atoms with Crippen LogP contribution in [0.2, 0.25) is 0 Å². The summed E-state index contributed by atoms with van der Waals surface area (Å²) in [4.78, 5) is 0. The second kappa shape index (κ2) is 5.28. The van der Waals surface area contributed by atoms with Crippen LogP contribution >= 0.6 is 0 Å². The van der Waals surface area contributed by atoms with Crippen LogP contribution in [0.1, 0.15) is 59.3 Å². The number of hydrogen-bond acceptors (Lipinski definition) is 2. The molecule has 1 heterocycles. The quantitative estimate of drug-likeness (QED) is 0.594. The van der Waals surface area contributed by atoms with Gasteiger partial charge in [-0.05, 0) is 24.7 Å². The molecule has 0 atom stereocenters. The molecule has 1 rings (SSSR count). The average molecular weight is 194 g/mol. The molecule has 0 saturated carbocycles. The van der Waals surface area contributed by atoms with Crippen molar-refractivity contribution in [2.45, 2.75) is 59.3 Å². The van der Waals surface area contributed by atoms with Gasteiger partial charge < -0.3 is 0 Å². The monoisotopic (exact) mass is 194 g/mol. The van der Waals surface area contributed by atoms with Crippen molar-refractivity contribution >= 4 is 11.9 Å². The molecule has 0 radical (unpaired) electrons. The largest absolute Gasteiger partial charge is 0.163 e. The molecule has 0 aromatic rings. The van der Waals surface area contributed by atoms with Gasteiger partial charge in [0.25, 0.3) is 0 Å². The molecule has 0 N–H and O–H groups in total. The van der Waals surface area contributed by atoms with Crippen molar-refractivity contribution in [2.75, 3.05) is 0 Å². The molecule has 0 saturated heterocycles. The summed E-state index contributed by atoms with van der Waals surface area (Å²) >= 11 is 0. The van der Waals surface area contributed by atoms with E-state index in [-0.39, 0.29) is 0 Å². The van der Waals surface area contributed by atoms with E-state index in [2.05, 4.69) is 31.0 Å². The highest BCUT2D eigenvalue weighted by molar-refractivity contribution is 5.98. The van der Waals surface area contributed by atoms with Gasteiger partial charge in [0.1, 0.15) is 0 Å². The molecule has 80 valence electrons. The van der Waals surface area contributed by atoms with E-state index in [9.17, 15) is 0 Å². The maximum absolute atomic E-state index is 4.07. The second-order valence-electron chi connectivity index (χ2n) is 5.29. The molecule has 0 aromatic heterocycles. The van der Waals surface area contributed by atoms with Crippen molar-refractivity contribution < 1.29 is 0 Å². The van der Waals surface area contributed by atoms with E-state index in [1.165, 1.54) is 31.4 Å². The van der Waals surface area contributed by atoms with Crippen LogP contribution in [-0.2, 0) is 0 Å². The van der Waals surface area contributed by atoms with Crippen molar-refractivity contribution in [3.05, 3.63) is 0 Å². The zero-order chi connectivity index (χ0) is 10.4. The van der Waals surface area contributed by atoms with E-state index in [1.54, 1.807) is 0 Å². The first-order valence-corrected chi connectivity index (χ1v) is 5.65. The van der Waals surface area contributed by atoms with Gasteiger partial charge in [-0.15, -0.1) is 0 Å². The maximum Gasteiger partial charge on any atom is 0.0459 e. The van der Waals surface area contributed by atoms with Crippen LogP contribution in [0.4, 0.5) is 0 Å². The maximum atomic E-state index is 4.07. The predicted octanol–water partition coefficient (Wildman–Crippen LogP) is 3.81. The van der Waals surface area contributed by atoms with Gasteiger partial charge in [-0.1, -0.05) is 33.6 Å². The number of nitrogens with zero attached hydrogens (tertiary/aromatic N) is 2. The minimum atomic E-state index is 0.494. The smallest absolute Gasteiger partial charge is 0.0459 e. The molecular weight excluding hydrogens is 172 g/mol. The Labute approximate surface area is 87.5 Å². The third kappa shape index (κ3) is 5.15. The molecule has 2 heteroatoms. The van der Waals surface area contributed by atoms with Crippen LogP contribution in [0, 0.1) is 5.41 Å². The molecule has 2 nitrogen and oxygen atoms in total. The Bertz CT molecular complexity index is 221. The third-order valence-corrected chi connectivity index (χ3v) is 2.50. The van der Waals surface area contributed by atoms with Crippen molar-refractivity contribution in [1.82, 2.24) is 0 Å². The van der Waals surface area contributed by atoms with Gasteiger partial charge >= 0.3 is 0 Å². The van der Waals surface area contributed by atoms with Crippen molar-refractivity contribution in [3.8, 4) is 0 Å². The van der Waals surface area contributed by atoms with E-state index in [1.807, 2.05) is 6.21 Å². The Balaban J connectivity index is 1.95. The SMILES string of the molecule is CC(C)(C)CCCCCC1=NN=CC1. The van der Waals surface area contributed by atoms with E-state index in [0.717, 1.165) is 12.8 Å². The fourth-order valence-electron chi connectivity index (χ4n) is 1.62. The van der Waals surface area contributed by atoms with Crippen LogP contribution in [0.25, 0.3) is 0 Å². The molecular formula is C12H22N2. The van der Waals surface area contributed by atoms with Crippen LogP contribution in [0.5, 0.6) is 0 Å². The van der Waals surface area contributed by atoms with Gasteiger partial charge in [-0.2, -0.15) is 10.2 Å². The van der Waals surface area contributed by atoms with Gasteiger partial charge in [0.15, 0.2) is 0 Å². The summed E-state index contributed by atoms with van der Waals surface area (Å²) in [6.45, 7) is 6.92. The normalized spacial score (nSPS) is 16.1. The fourth-order valence-corrected chi connectivity index (χ4v) is 1.62. The summed E-state index contributed by atoms with van der Waals surface area (Å²) in [5.74, 6) is 0. The van der Waals surface area contributed by atoms with Gasteiger partial charge in [-0.3, -0.25) is 0 Å². The van der Waals surface area contributed by atoms with Crippen LogP contribution in [-0.4, -0.2) is 11.9 Å². The van der Waals surface area contributed by atoms with E-state index in [4.69, 9.17) is 0 Å². The predicted molar refractivity (Wildman–Crippen MR) is 63.1 cm³/mol. The standard InChI is InChI=1S/C12H22N2/c1-12(2,3)9-6-4-5-7-11-8-10-13-14-11/h10H,4-9H2,1-3H3. The molecule has 0 spiro atoms. The topological polar surface area (TPSA) is 24.7 Å². The van der Waals surface area contributed by atoms with Crippen molar-refractivity contribution in [1.29, 1.82) is 0 Å². The van der Waals surface area contributed by atoms with Gasteiger partial charge in [0.05, 0.1) is 0 Å². The summed E-state index contributed by atoms with van der Waals surface area (Å²) in [5.41, 5.74) is 1.76. The van der Waals surface area contributed by atoms with Gasteiger partial charge in [-0.25, -0.2) is 0 Å². The zero-order valence-corrected chi connectivity index (χ0v) is 9.71. The molecule has 1 aliphatic rings. The lowest BCUT2D eigenvalue weighted by atomic mass is 9.89. The summed E-state index contributed by atoms with van der Waals surface area (Å²) in [7, 11) is 0. The highest BCUT2D eigenvalue weighted by Gasteiger charge is 2.09. The van der Waals surface area contributed by atoms with Crippen LogP contribution < -0.4 is 0 Å². The lowest BCUT2D eigenvalue weighted by Crippen LogP contribution is -2.04. The van der Waals surface area contributed by atoms with Crippen molar-refractivity contribution in [3.63, 3.8) is 0 Å².